The Hall–Kier alpha value is -0.160. The van der Waals surface area contributed by atoms with Gasteiger partial charge in [0.05, 0.1) is 0 Å². The predicted octanol–water partition coefficient (Wildman–Crippen LogP) is 2.22. The van der Waals surface area contributed by atoms with Crippen LogP contribution in [0.1, 0.15) is 46.0 Å². The Kier molecular flexibility index (Phi) is 6.74. The Morgan fingerprint density at radius 3 is 2.32 bits per heavy atom. The lowest BCUT2D eigenvalue weighted by Crippen LogP contribution is -2.57. The number of hydrogen-bond donors (Lipinski definition) is 1. The average molecular weight is 272 g/mol. The molecule has 0 bridgehead atoms. The van der Waals surface area contributed by atoms with Crippen LogP contribution in [0.5, 0.6) is 0 Å². The van der Waals surface area contributed by atoms with Gasteiger partial charge in [0.25, 0.3) is 0 Å². The smallest absolute Gasteiger partial charge is 0.158 e. The van der Waals surface area contributed by atoms with Crippen LogP contribution >= 0.6 is 0 Å². The molecule has 0 aromatic rings. The molecule has 0 amide bonds. The number of methoxy groups -OCH3 is 2. The molecule has 114 valence electrons. The second kappa shape index (κ2) is 7.58. The molecule has 1 rings (SSSR count). The van der Waals surface area contributed by atoms with E-state index in [1.807, 2.05) is 0 Å². The van der Waals surface area contributed by atoms with Gasteiger partial charge in [-0.25, -0.2) is 0 Å². The van der Waals surface area contributed by atoms with Crippen molar-refractivity contribution in [3.8, 4) is 0 Å². The van der Waals surface area contributed by atoms with Crippen molar-refractivity contribution < 1.29 is 9.47 Å². The topological polar surface area (TPSA) is 47.7 Å². The summed E-state index contributed by atoms with van der Waals surface area (Å²) >= 11 is 0. The molecule has 0 aromatic heterocycles. The molecule has 1 aliphatic carbocycles. The molecule has 4 nitrogen and oxygen atoms in total. The second-order valence-electron chi connectivity index (χ2n) is 6.25. The fourth-order valence-corrected chi connectivity index (χ4v) is 3.27. The van der Waals surface area contributed by atoms with Crippen molar-refractivity contribution in [2.24, 2.45) is 11.7 Å². The van der Waals surface area contributed by atoms with Crippen LogP contribution in [-0.4, -0.2) is 50.6 Å². The van der Waals surface area contributed by atoms with Crippen LogP contribution in [-0.2, 0) is 9.47 Å². The van der Waals surface area contributed by atoms with Gasteiger partial charge in [0.1, 0.15) is 0 Å². The minimum Gasteiger partial charge on any atom is -0.356 e. The van der Waals surface area contributed by atoms with E-state index in [0.717, 1.165) is 12.3 Å². The van der Waals surface area contributed by atoms with Crippen molar-refractivity contribution in [2.75, 3.05) is 27.8 Å². The van der Waals surface area contributed by atoms with Crippen molar-refractivity contribution in [1.82, 2.24) is 4.90 Å². The number of likely N-dealkylation sites (N-methyl/N-ethyl adjacent to an activating group) is 1. The fourth-order valence-electron chi connectivity index (χ4n) is 3.27. The van der Waals surface area contributed by atoms with Gasteiger partial charge in [0.2, 0.25) is 0 Å². The fraction of sp³-hybridized carbons (Fsp3) is 1.00. The third-order valence-corrected chi connectivity index (χ3v) is 4.99. The Bertz CT molecular complexity index is 259. The molecule has 3 unspecified atom stereocenters. The summed E-state index contributed by atoms with van der Waals surface area (Å²) in [7, 11) is 5.59. The van der Waals surface area contributed by atoms with Crippen LogP contribution in [0.3, 0.4) is 0 Å². The standard InChI is InChI=1S/C15H32N2O2/c1-12-8-6-7-9-13(12)17(3)15(2,11-16)10-14(18-4)19-5/h12-14H,6-11,16H2,1-5H3. The van der Waals surface area contributed by atoms with E-state index in [1.165, 1.54) is 25.7 Å². The predicted molar refractivity (Wildman–Crippen MR) is 79.1 cm³/mol. The largest absolute Gasteiger partial charge is 0.356 e. The van der Waals surface area contributed by atoms with E-state index < -0.39 is 0 Å². The van der Waals surface area contributed by atoms with Crippen molar-refractivity contribution >= 4 is 0 Å². The number of hydrogen-bond acceptors (Lipinski definition) is 4. The third kappa shape index (κ3) is 4.15. The number of ether oxygens (including phenoxy) is 2. The van der Waals surface area contributed by atoms with Gasteiger partial charge in [-0.2, -0.15) is 0 Å². The molecule has 0 radical (unpaired) electrons. The molecule has 0 aromatic carbocycles. The highest BCUT2D eigenvalue weighted by atomic mass is 16.7. The highest BCUT2D eigenvalue weighted by molar-refractivity contribution is 4.93. The summed E-state index contributed by atoms with van der Waals surface area (Å²) in [5.41, 5.74) is 5.99. The summed E-state index contributed by atoms with van der Waals surface area (Å²) in [6.07, 6.45) is 5.92. The molecule has 0 aliphatic heterocycles. The molecule has 2 N–H and O–H groups in total. The first-order chi connectivity index (χ1) is 8.98. The maximum atomic E-state index is 6.06. The van der Waals surface area contributed by atoms with Crippen molar-refractivity contribution in [1.29, 1.82) is 0 Å². The Balaban J connectivity index is 2.75. The van der Waals surface area contributed by atoms with Crippen molar-refractivity contribution in [2.45, 2.75) is 63.8 Å². The highest BCUT2D eigenvalue weighted by Crippen LogP contribution is 2.33. The SMILES string of the molecule is COC(CC(C)(CN)N(C)C1CCCCC1C)OC. The molecule has 0 heterocycles. The average Bonchev–Trinajstić information content (AvgIpc) is 2.44. The highest BCUT2D eigenvalue weighted by Gasteiger charge is 2.37. The minimum atomic E-state index is -0.185. The van der Waals surface area contributed by atoms with Gasteiger partial charge >= 0.3 is 0 Å². The van der Waals surface area contributed by atoms with Crippen LogP contribution < -0.4 is 5.73 Å². The Labute approximate surface area is 118 Å². The zero-order chi connectivity index (χ0) is 14.5. The van der Waals surface area contributed by atoms with Crippen molar-refractivity contribution in [3.63, 3.8) is 0 Å². The second-order valence-corrected chi connectivity index (χ2v) is 6.25. The number of nitrogens with two attached hydrogens (primary N) is 1. The molecule has 3 atom stereocenters. The first kappa shape index (κ1) is 16.9. The summed E-state index contributed by atoms with van der Waals surface area (Å²) in [6.45, 7) is 5.21. The summed E-state index contributed by atoms with van der Waals surface area (Å²) < 4.78 is 10.7. The number of nitrogens with zero attached hydrogens (tertiary/aromatic N) is 1. The van der Waals surface area contributed by atoms with Crippen LogP contribution in [0.4, 0.5) is 0 Å². The molecule has 1 fully saturated rings. The lowest BCUT2D eigenvalue weighted by atomic mass is 9.82. The van der Waals surface area contributed by atoms with E-state index in [4.69, 9.17) is 15.2 Å². The lowest BCUT2D eigenvalue weighted by molar-refractivity contribution is -0.132. The van der Waals surface area contributed by atoms with Gasteiger partial charge in [-0.15, -0.1) is 0 Å². The van der Waals surface area contributed by atoms with Gasteiger partial charge in [-0.1, -0.05) is 19.8 Å². The maximum absolute atomic E-state index is 6.06. The first-order valence-corrected chi connectivity index (χ1v) is 7.47. The monoisotopic (exact) mass is 272 g/mol. The lowest BCUT2D eigenvalue weighted by Gasteiger charge is -2.47. The molecule has 0 saturated heterocycles. The van der Waals surface area contributed by atoms with Gasteiger partial charge in [-0.05, 0) is 32.7 Å². The quantitative estimate of drug-likeness (QED) is 0.722. The Morgan fingerprint density at radius 1 is 1.26 bits per heavy atom. The van der Waals surface area contributed by atoms with E-state index >= 15 is 0 Å². The van der Waals surface area contributed by atoms with Crippen LogP contribution in [0.2, 0.25) is 0 Å². The Morgan fingerprint density at radius 2 is 1.84 bits per heavy atom. The van der Waals surface area contributed by atoms with E-state index in [2.05, 4.69) is 25.8 Å². The maximum Gasteiger partial charge on any atom is 0.158 e. The minimum absolute atomic E-state index is 0.0764. The van der Waals surface area contributed by atoms with Crippen LogP contribution in [0.15, 0.2) is 0 Å². The molecule has 19 heavy (non-hydrogen) atoms. The summed E-state index contributed by atoms with van der Waals surface area (Å²) in [5, 5.41) is 0. The molecular formula is C15H32N2O2. The van der Waals surface area contributed by atoms with E-state index in [1.54, 1.807) is 14.2 Å². The summed E-state index contributed by atoms with van der Waals surface area (Å²) in [5.74, 6) is 0.744. The van der Waals surface area contributed by atoms with Gasteiger partial charge < -0.3 is 15.2 Å². The molecular weight excluding hydrogens is 240 g/mol. The summed E-state index contributed by atoms with van der Waals surface area (Å²) in [4.78, 5) is 2.47. The van der Waals surface area contributed by atoms with E-state index in [0.29, 0.717) is 12.6 Å². The zero-order valence-electron chi connectivity index (χ0n) is 13.3. The van der Waals surface area contributed by atoms with Gasteiger partial charge in [0, 0.05) is 38.8 Å². The third-order valence-electron chi connectivity index (χ3n) is 4.99. The summed E-state index contributed by atoms with van der Waals surface area (Å²) in [6, 6.07) is 0.622. The molecule has 1 saturated carbocycles. The van der Waals surface area contributed by atoms with E-state index in [9.17, 15) is 0 Å². The van der Waals surface area contributed by atoms with Gasteiger partial charge in [-0.3, -0.25) is 4.90 Å². The number of rotatable bonds is 7. The molecule has 1 aliphatic rings. The first-order valence-electron chi connectivity index (χ1n) is 7.47. The van der Waals surface area contributed by atoms with Gasteiger partial charge in [0.15, 0.2) is 6.29 Å². The molecule has 0 spiro atoms. The van der Waals surface area contributed by atoms with Crippen molar-refractivity contribution in [3.05, 3.63) is 0 Å². The van der Waals surface area contributed by atoms with Crippen LogP contribution in [0.25, 0.3) is 0 Å². The zero-order valence-corrected chi connectivity index (χ0v) is 13.3. The normalized spacial score (nSPS) is 27.8. The van der Waals surface area contributed by atoms with Crippen LogP contribution in [0, 0.1) is 5.92 Å². The van der Waals surface area contributed by atoms with E-state index in [-0.39, 0.29) is 11.8 Å². The molecule has 4 heteroatoms.